The van der Waals surface area contributed by atoms with Gasteiger partial charge in [0.2, 0.25) is 0 Å². The van der Waals surface area contributed by atoms with Crippen LogP contribution in [0.25, 0.3) is 0 Å². The minimum absolute atomic E-state index is 0.546. The quantitative estimate of drug-likeness (QED) is 0.764. The van der Waals surface area contributed by atoms with Crippen molar-refractivity contribution in [2.75, 3.05) is 18.0 Å². The Morgan fingerprint density at radius 3 is 2.56 bits per heavy atom. The summed E-state index contributed by atoms with van der Waals surface area (Å²) < 4.78 is 0. The maximum Gasteiger partial charge on any atom is 0.0992 e. The van der Waals surface area contributed by atoms with Gasteiger partial charge in [0, 0.05) is 18.5 Å². The van der Waals surface area contributed by atoms with Crippen molar-refractivity contribution in [3.8, 4) is 6.07 Å². The molecule has 0 bridgehead atoms. The largest absolute Gasteiger partial charge is 0.369 e. The van der Waals surface area contributed by atoms with E-state index in [1.165, 1.54) is 32.1 Å². The first-order valence-electron chi connectivity index (χ1n) is 6.67. The summed E-state index contributed by atoms with van der Waals surface area (Å²) in [6.07, 6.45) is 6.87. The van der Waals surface area contributed by atoms with E-state index in [-0.39, 0.29) is 0 Å². The third-order valence-electron chi connectivity index (χ3n) is 4.38. The van der Waals surface area contributed by atoms with E-state index in [0.29, 0.717) is 11.0 Å². The summed E-state index contributed by atoms with van der Waals surface area (Å²) in [6.45, 7) is 2.23. The van der Waals surface area contributed by atoms with Crippen LogP contribution in [0.5, 0.6) is 0 Å². The number of anilines is 1. The molecule has 1 aromatic rings. The molecule has 1 aliphatic carbocycles. The lowest BCUT2D eigenvalue weighted by atomic mass is 9.68. The van der Waals surface area contributed by atoms with Crippen LogP contribution in [0.3, 0.4) is 0 Å². The molecule has 0 amide bonds. The van der Waals surface area contributed by atoms with E-state index in [0.717, 1.165) is 23.8 Å². The third kappa shape index (κ3) is 1.97. The van der Waals surface area contributed by atoms with Crippen molar-refractivity contribution < 1.29 is 0 Å². The molecule has 1 saturated carbocycles. The van der Waals surface area contributed by atoms with Crippen molar-refractivity contribution in [2.45, 2.75) is 32.1 Å². The van der Waals surface area contributed by atoms with Crippen molar-refractivity contribution in [2.24, 2.45) is 5.41 Å². The summed E-state index contributed by atoms with van der Waals surface area (Å²) in [5.74, 6) is 0. The maximum atomic E-state index is 8.96. The van der Waals surface area contributed by atoms with Crippen LogP contribution in [-0.4, -0.2) is 13.1 Å². The predicted octanol–water partition coefficient (Wildman–Crippen LogP) is 3.98. The molecule has 1 aliphatic heterocycles. The second kappa shape index (κ2) is 4.48. The minimum Gasteiger partial charge on any atom is -0.369 e. The zero-order chi connectivity index (χ0) is 12.6. The van der Waals surface area contributed by atoms with Gasteiger partial charge >= 0.3 is 0 Å². The average molecular weight is 261 g/mol. The first-order valence-corrected chi connectivity index (χ1v) is 7.05. The number of nitriles is 1. The Hall–Kier alpha value is -1.20. The fraction of sp³-hybridized carbons (Fsp3) is 0.533. The zero-order valence-corrected chi connectivity index (χ0v) is 11.2. The van der Waals surface area contributed by atoms with Crippen LogP contribution in [0, 0.1) is 16.7 Å². The molecule has 0 atom stereocenters. The van der Waals surface area contributed by atoms with Crippen LogP contribution in [-0.2, 0) is 0 Å². The Labute approximate surface area is 113 Å². The van der Waals surface area contributed by atoms with E-state index in [1.54, 1.807) is 6.07 Å². The number of hydrogen-bond acceptors (Lipinski definition) is 2. The SMILES string of the molecule is N#Cc1ccc(Cl)c(N2CC3(CCCCC3)C2)c1. The molecule has 1 aromatic carbocycles. The van der Waals surface area contributed by atoms with Crippen LogP contribution >= 0.6 is 11.6 Å². The van der Waals surface area contributed by atoms with Crippen LogP contribution < -0.4 is 4.90 Å². The van der Waals surface area contributed by atoms with Gasteiger partial charge in [-0.15, -0.1) is 0 Å². The summed E-state index contributed by atoms with van der Waals surface area (Å²) in [5, 5.41) is 9.72. The summed E-state index contributed by atoms with van der Waals surface area (Å²) >= 11 is 6.24. The van der Waals surface area contributed by atoms with Gasteiger partial charge in [-0.25, -0.2) is 0 Å². The van der Waals surface area contributed by atoms with E-state index in [9.17, 15) is 0 Å². The summed E-state index contributed by atoms with van der Waals surface area (Å²) in [4.78, 5) is 2.33. The number of benzene rings is 1. The number of rotatable bonds is 1. The molecule has 1 saturated heterocycles. The smallest absolute Gasteiger partial charge is 0.0992 e. The van der Waals surface area contributed by atoms with Crippen LogP contribution in [0.4, 0.5) is 5.69 Å². The van der Waals surface area contributed by atoms with Crippen molar-refractivity contribution in [3.05, 3.63) is 28.8 Å². The van der Waals surface area contributed by atoms with Gasteiger partial charge in [-0.2, -0.15) is 5.26 Å². The van der Waals surface area contributed by atoms with E-state index in [2.05, 4.69) is 11.0 Å². The molecular formula is C15H17ClN2. The van der Waals surface area contributed by atoms with Crippen molar-refractivity contribution in [1.29, 1.82) is 5.26 Å². The lowest BCUT2D eigenvalue weighted by Crippen LogP contribution is -2.57. The molecule has 1 heterocycles. The van der Waals surface area contributed by atoms with E-state index in [1.807, 2.05) is 12.1 Å². The fourth-order valence-corrected chi connectivity index (χ4v) is 3.61. The lowest BCUT2D eigenvalue weighted by Gasteiger charge is -2.53. The molecule has 3 heteroatoms. The van der Waals surface area contributed by atoms with Crippen LogP contribution in [0.2, 0.25) is 5.02 Å². The molecule has 0 N–H and O–H groups in total. The lowest BCUT2D eigenvalue weighted by molar-refractivity contribution is 0.139. The molecule has 94 valence electrons. The number of nitrogens with zero attached hydrogens (tertiary/aromatic N) is 2. The van der Waals surface area contributed by atoms with Crippen molar-refractivity contribution in [3.63, 3.8) is 0 Å². The van der Waals surface area contributed by atoms with Gasteiger partial charge in [-0.3, -0.25) is 0 Å². The summed E-state index contributed by atoms with van der Waals surface area (Å²) in [5.41, 5.74) is 2.27. The van der Waals surface area contributed by atoms with E-state index >= 15 is 0 Å². The predicted molar refractivity (Wildman–Crippen MR) is 73.9 cm³/mol. The van der Waals surface area contributed by atoms with Gasteiger partial charge in [0.1, 0.15) is 0 Å². The van der Waals surface area contributed by atoms with Gasteiger partial charge in [0.15, 0.2) is 0 Å². The van der Waals surface area contributed by atoms with Crippen molar-refractivity contribution >= 4 is 17.3 Å². The molecule has 0 unspecified atom stereocenters. The Kier molecular flexibility index (Phi) is 2.95. The highest BCUT2D eigenvalue weighted by molar-refractivity contribution is 6.33. The Morgan fingerprint density at radius 2 is 1.89 bits per heavy atom. The first-order chi connectivity index (χ1) is 8.72. The summed E-state index contributed by atoms with van der Waals surface area (Å²) in [6, 6.07) is 7.71. The molecule has 18 heavy (non-hydrogen) atoms. The highest BCUT2D eigenvalue weighted by Crippen LogP contribution is 2.46. The molecule has 2 nitrogen and oxygen atoms in total. The second-order valence-electron chi connectivity index (χ2n) is 5.69. The monoisotopic (exact) mass is 260 g/mol. The fourth-order valence-electron chi connectivity index (χ4n) is 3.38. The van der Waals surface area contributed by atoms with Gasteiger partial charge in [0.25, 0.3) is 0 Å². The minimum atomic E-state index is 0.546. The Balaban J connectivity index is 1.76. The molecule has 0 aromatic heterocycles. The van der Waals surface area contributed by atoms with Crippen LogP contribution in [0.1, 0.15) is 37.7 Å². The van der Waals surface area contributed by atoms with E-state index in [4.69, 9.17) is 16.9 Å². The van der Waals surface area contributed by atoms with Crippen LogP contribution in [0.15, 0.2) is 18.2 Å². The number of hydrogen-bond donors (Lipinski definition) is 0. The van der Waals surface area contributed by atoms with Gasteiger partial charge in [-0.05, 0) is 31.0 Å². The Morgan fingerprint density at radius 1 is 1.17 bits per heavy atom. The molecule has 2 aliphatic rings. The zero-order valence-electron chi connectivity index (χ0n) is 10.5. The topological polar surface area (TPSA) is 27.0 Å². The van der Waals surface area contributed by atoms with Gasteiger partial charge < -0.3 is 4.90 Å². The highest BCUT2D eigenvalue weighted by Gasteiger charge is 2.43. The number of halogens is 1. The molecule has 1 spiro atoms. The normalized spacial score (nSPS) is 21.4. The maximum absolute atomic E-state index is 8.96. The summed E-state index contributed by atoms with van der Waals surface area (Å²) in [7, 11) is 0. The molecule has 2 fully saturated rings. The molecular weight excluding hydrogens is 244 g/mol. The standard InChI is InChI=1S/C15H17ClN2/c16-13-5-4-12(9-17)8-14(13)18-10-15(11-18)6-2-1-3-7-15/h4-5,8H,1-3,6-7,10-11H2. The average Bonchev–Trinajstić information content (AvgIpc) is 2.38. The third-order valence-corrected chi connectivity index (χ3v) is 4.70. The van der Waals surface area contributed by atoms with E-state index < -0.39 is 0 Å². The van der Waals surface area contributed by atoms with Gasteiger partial charge in [-0.1, -0.05) is 30.9 Å². The molecule has 0 radical (unpaired) electrons. The Bertz CT molecular complexity index is 490. The second-order valence-corrected chi connectivity index (χ2v) is 6.10. The van der Waals surface area contributed by atoms with Gasteiger partial charge in [0.05, 0.1) is 22.3 Å². The van der Waals surface area contributed by atoms with Crippen molar-refractivity contribution in [1.82, 2.24) is 0 Å². The molecule has 3 rings (SSSR count). The highest BCUT2D eigenvalue weighted by atomic mass is 35.5. The first kappa shape index (κ1) is 11.9.